The molecule has 2 aliphatic heterocycles. The normalized spacial score (nSPS) is 23.1. The lowest BCUT2D eigenvalue weighted by atomic mass is 9.97. The van der Waals surface area contributed by atoms with Gasteiger partial charge in [0.2, 0.25) is 0 Å². The number of rotatable bonds is 5. The molecule has 10 heteroatoms. The highest BCUT2D eigenvalue weighted by molar-refractivity contribution is 5.83. The summed E-state index contributed by atoms with van der Waals surface area (Å²) < 4.78 is 43.4. The molecule has 178 valence electrons. The molecule has 0 amide bonds. The summed E-state index contributed by atoms with van der Waals surface area (Å²) in [6.45, 7) is 5.09. The summed E-state index contributed by atoms with van der Waals surface area (Å²) in [4.78, 5) is 9.07. The molecule has 2 saturated heterocycles. The first-order chi connectivity index (χ1) is 16.2. The van der Waals surface area contributed by atoms with Crippen LogP contribution < -0.4 is 0 Å². The lowest BCUT2D eigenvalue weighted by Gasteiger charge is -2.31. The van der Waals surface area contributed by atoms with Gasteiger partial charge in [-0.15, -0.1) is 5.10 Å². The Morgan fingerprint density at radius 3 is 2.59 bits per heavy atom. The molecule has 3 atom stereocenters. The van der Waals surface area contributed by atoms with Crippen LogP contribution in [0.5, 0.6) is 0 Å². The van der Waals surface area contributed by atoms with Gasteiger partial charge in [-0.05, 0) is 50.0 Å². The smallest absolute Gasteiger partial charge is 0.300 e. The number of hydrogen-bond acceptors (Lipinski definition) is 6. The number of alkyl halides is 3. The van der Waals surface area contributed by atoms with Gasteiger partial charge in [0.1, 0.15) is 11.6 Å². The van der Waals surface area contributed by atoms with Crippen LogP contribution in [0, 0.1) is 17.2 Å². The van der Waals surface area contributed by atoms with E-state index in [-0.39, 0.29) is 17.0 Å². The van der Waals surface area contributed by atoms with Gasteiger partial charge in [0.25, 0.3) is 0 Å². The van der Waals surface area contributed by atoms with Crippen LogP contribution >= 0.6 is 0 Å². The standard InChI is InChI=1S/C24H26F3N7/c1-14-21-13-34(22(14)12-32(21)2)8-4-5-15-6-7-16(9-17(15)24(25,26)27)18-10-20-23(19(11-28)29-18)30-31-33(20)3/h6-7,9-10,14,21-22H,4-5,8,12-13H2,1-3H3/t14-,21?,22?/m0/s1. The molecule has 0 aliphatic carbocycles. The maximum absolute atomic E-state index is 14.0. The van der Waals surface area contributed by atoms with Gasteiger partial charge in [-0.25, -0.2) is 9.67 Å². The van der Waals surface area contributed by atoms with Gasteiger partial charge in [0.05, 0.1) is 16.8 Å². The average molecular weight is 470 g/mol. The number of likely N-dealkylation sites (tertiary alicyclic amines) is 2. The van der Waals surface area contributed by atoms with E-state index in [4.69, 9.17) is 0 Å². The van der Waals surface area contributed by atoms with Crippen molar-refractivity contribution in [3.05, 3.63) is 41.1 Å². The summed E-state index contributed by atoms with van der Waals surface area (Å²) in [5.41, 5.74) is 1.15. The highest BCUT2D eigenvalue weighted by atomic mass is 19.4. The third kappa shape index (κ3) is 3.83. The molecule has 0 N–H and O–H groups in total. The van der Waals surface area contributed by atoms with Crippen molar-refractivity contribution in [2.75, 3.05) is 26.7 Å². The zero-order chi connectivity index (χ0) is 24.2. The van der Waals surface area contributed by atoms with E-state index < -0.39 is 11.7 Å². The van der Waals surface area contributed by atoms with Gasteiger partial charge >= 0.3 is 6.18 Å². The molecule has 5 rings (SSSR count). The fourth-order valence-corrected chi connectivity index (χ4v) is 5.59. The number of benzene rings is 1. The Kier molecular flexibility index (Phi) is 5.57. The van der Waals surface area contributed by atoms with E-state index in [0.29, 0.717) is 47.4 Å². The molecule has 4 heterocycles. The molecule has 0 saturated carbocycles. The van der Waals surface area contributed by atoms with Crippen molar-refractivity contribution in [2.24, 2.45) is 13.0 Å². The lowest BCUT2D eigenvalue weighted by Crippen LogP contribution is -2.44. The largest absolute Gasteiger partial charge is 0.416 e. The Morgan fingerprint density at radius 2 is 1.94 bits per heavy atom. The molecule has 2 aliphatic rings. The van der Waals surface area contributed by atoms with Crippen LogP contribution in [0.25, 0.3) is 22.3 Å². The second-order valence-electron chi connectivity index (χ2n) is 9.45. The Balaban J connectivity index is 1.39. The number of nitriles is 1. The first-order valence-electron chi connectivity index (χ1n) is 11.4. The first-order valence-corrected chi connectivity index (χ1v) is 11.4. The fraction of sp³-hybridized carbons (Fsp3) is 0.500. The van der Waals surface area contributed by atoms with E-state index in [0.717, 1.165) is 25.7 Å². The SMILES string of the molecule is C[C@H]1C2CN(CCCc3ccc(-c4cc5c(nnn5C)c(C#N)n4)cc3C(F)(F)F)C1CN2C. The predicted octanol–water partition coefficient (Wildman–Crippen LogP) is 3.49. The van der Waals surface area contributed by atoms with Gasteiger partial charge in [-0.3, -0.25) is 4.90 Å². The van der Waals surface area contributed by atoms with E-state index >= 15 is 0 Å². The Labute approximate surface area is 195 Å². The van der Waals surface area contributed by atoms with E-state index in [2.05, 4.69) is 39.1 Å². The highest BCUT2D eigenvalue weighted by Crippen LogP contribution is 2.37. The number of pyridine rings is 1. The number of fused-ring (bicyclic) bond motifs is 3. The number of nitrogens with zero attached hydrogens (tertiary/aromatic N) is 7. The molecule has 1 aromatic carbocycles. The molecule has 0 spiro atoms. The highest BCUT2D eigenvalue weighted by Gasteiger charge is 2.46. The number of aromatic nitrogens is 4. The zero-order valence-electron chi connectivity index (χ0n) is 19.3. The molecular formula is C24H26F3N7. The molecule has 2 fully saturated rings. The maximum atomic E-state index is 14.0. The van der Waals surface area contributed by atoms with E-state index in [1.807, 2.05) is 6.07 Å². The third-order valence-corrected chi connectivity index (χ3v) is 7.45. The molecule has 2 bridgehead atoms. The molecule has 2 aromatic heterocycles. The van der Waals surface area contributed by atoms with Crippen molar-refractivity contribution in [2.45, 2.75) is 38.0 Å². The van der Waals surface area contributed by atoms with Gasteiger partial charge < -0.3 is 4.90 Å². The number of piperazine rings is 1. The van der Waals surface area contributed by atoms with Crippen LogP contribution in [0.4, 0.5) is 13.2 Å². The number of aryl methyl sites for hydroxylation is 2. The molecule has 3 aromatic rings. The van der Waals surface area contributed by atoms with Gasteiger partial charge in [0.15, 0.2) is 5.69 Å². The Hall–Kier alpha value is -3.03. The zero-order valence-corrected chi connectivity index (χ0v) is 19.3. The van der Waals surface area contributed by atoms with E-state index in [1.165, 1.54) is 4.68 Å². The van der Waals surface area contributed by atoms with Crippen LogP contribution in [0.2, 0.25) is 0 Å². The van der Waals surface area contributed by atoms with Crippen molar-refractivity contribution >= 4 is 11.0 Å². The quantitative estimate of drug-likeness (QED) is 0.570. The number of halogens is 3. The van der Waals surface area contributed by atoms with Crippen LogP contribution in [-0.4, -0.2) is 68.5 Å². The molecule has 34 heavy (non-hydrogen) atoms. The maximum Gasteiger partial charge on any atom is 0.416 e. The van der Waals surface area contributed by atoms with Crippen molar-refractivity contribution in [3.63, 3.8) is 0 Å². The molecule has 0 radical (unpaired) electrons. The summed E-state index contributed by atoms with van der Waals surface area (Å²) in [5.74, 6) is 0.604. The summed E-state index contributed by atoms with van der Waals surface area (Å²) >= 11 is 0. The summed E-state index contributed by atoms with van der Waals surface area (Å²) in [6.07, 6.45) is -3.45. The summed E-state index contributed by atoms with van der Waals surface area (Å²) in [5, 5.41) is 17.2. The van der Waals surface area contributed by atoms with Crippen molar-refractivity contribution in [1.82, 2.24) is 29.8 Å². The van der Waals surface area contributed by atoms with E-state index in [9.17, 15) is 18.4 Å². The third-order valence-electron chi connectivity index (χ3n) is 7.45. The fourth-order valence-electron chi connectivity index (χ4n) is 5.59. The van der Waals surface area contributed by atoms with E-state index in [1.54, 1.807) is 25.2 Å². The topological polar surface area (TPSA) is 73.9 Å². The number of hydrogen-bond donors (Lipinski definition) is 0. The number of likely N-dealkylation sites (N-methyl/N-ethyl adjacent to an activating group) is 1. The monoisotopic (exact) mass is 469 g/mol. The van der Waals surface area contributed by atoms with Gasteiger partial charge in [-0.2, -0.15) is 18.4 Å². The minimum Gasteiger partial charge on any atom is -0.300 e. The van der Waals surface area contributed by atoms with Crippen molar-refractivity contribution < 1.29 is 13.2 Å². The van der Waals surface area contributed by atoms with Crippen molar-refractivity contribution in [1.29, 1.82) is 5.26 Å². The molecule has 7 nitrogen and oxygen atoms in total. The van der Waals surface area contributed by atoms with Gasteiger partial charge in [0, 0.05) is 37.8 Å². The van der Waals surface area contributed by atoms with Crippen LogP contribution in [0.3, 0.4) is 0 Å². The van der Waals surface area contributed by atoms with Crippen LogP contribution in [0.1, 0.15) is 30.2 Å². The van der Waals surface area contributed by atoms with Gasteiger partial charge in [-0.1, -0.05) is 24.3 Å². The van der Waals surface area contributed by atoms with Crippen molar-refractivity contribution in [3.8, 4) is 17.3 Å². The summed E-state index contributed by atoms with van der Waals surface area (Å²) in [7, 11) is 3.81. The minimum atomic E-state index is -4.48. The molecule has 2 unspecified atom stereocenters. The predicted molar refractivity (Wildman–Crippen MR) is 121 cm³/mol. The lowest BCUT2D eigenvalue weighted by molar-refractivity contribution is -0.138. The van der Waals surface area contributed by atoms with Crippen LogP contribution in [-0.2, 0) is 19.6 Å². The summed E-state index contributed by atoms with van der Waals surface area (Å²) in [6, 6.07) is 8.97. The second-order valence-corrected chi connectivity index (χ2v) is 9.45. The Morgan fingerprint density at radius 1 is 1.15 bits per heavy atom. The Bertz CT molecular complexity index is 1280. The first kappa shape index (κ1) is 22.7. The average Bonchev–Trinajstić information content (AvgIpc) is 3.42. The molecular weight excluding hydrogens is 443 g/mol. The second kappa shape index (κ2) is 8.32. The minimum absolute atomic E-state index is 0.0398. The van der Waals surface area contributed by atoms with Crippen LogP contribution in [0.15, 0.2) is 24.3 Å².